The summed E-state index contributed by atoms with van der Waals surface area (Å²) in [5, 5.41) is 0. The zero-order valence-electron chi connectivity index (χ0n) is 15.0. The molecule has 0 aromatic heterocycles. The van der Waals surface area contributed by atoms with Crippen molar-refractivity contribution in [1.29, 1.82) is 0 Å². The van der Waals surface area contributed by atoms with E-state index < -0.39 is 14.3 Å². The lowest BCUT2D eigenvalue weighted by molar-refractivity contribution is 0.295. The van der Waals surface area contributed by atoms with E-state index in [2.05, 4.69) is 156 Å². The summed E-state index contributed by atoms with van der Waals surface area (Å²) in [5.74, 6) is -2.19. The van der Waals surface area contributed by atoms with Gasteiger partial charge in [-0.3, -0.25) is 0 Å². The second-order valence-electron chi connectivity index (χ2n) is 6.85. The average Bonchev–Trinajstić information content (AvgIpc) is 2.23. The Bertz CT molecular complexity index is 373. The summed E-state index contributed by atoms with van der Waals surface area (Å²) in [5.41, 5.74) is 0. The van der Waals surface area contributed by atoms with E-state index in [0.29, 0.717) is 24.2 Å². The molecular weight excluding hydrogens is 736 g/mol. The molecule has 23 heavy (non-hydrogen) atoms. The molecule has 0 aromatic carbocycles. The molecule has 0 aliphatic rings. The van der Waals surface area contributed by atoms with Crippen molar-refractivity contribution < 1.29 is 0 Å². The lowest BCUT2D eigenvalue weighted by Crippen LogP contribution is -2.81. The van der Waals surface area contributed by atoms with E-state index in [9.17, 15) is 0 Å². The van der Waals surface area contributed by atoms with Crippen LogP contribution in [-0.4, -0.2) is 47.6 Å². The molecule has 0 saturated carbocycles. The van der Waals surface area contributed by atoms with Crippen LogP contribution < -0.4 is 0 Å². The molecule has 140 valence electrons. The molecule has 0 aliphatic carbocycles. The Hall–Kier alpha value is 3.45. The van der Waals surface area contributed by atoms with Crippen molar-refractivity contribution in [3.05, 3.63) is 0 Å². The maximum Gasteiger partial charge on any atom is 0.288 e. The number of hydrogen-bond donors (Lipinski definition) is 0. The van der Waals surface area contributed by atoms with Gasteiger partial charge in [0.05, 0.1) is 0 Å². The Labute approximate surface area is 192 Å². The van der Waals surface area contributed by atoms with Crippen LogP contribution in [0.1, 0.15) is 55.4 Å². The van der Waals surface area contributed by atoms with Crippen LogP contribution in [0.5, 0.6) is 0 Å². The van der Waals surface area contributed by atoms with Gasteiger partial charge in [-0.25, -0.2) is 0 Å². The number of halogens is 6. The predicted molar refractivity (Wildman–Crippen MR) is 135 cm³/mol. The molecule has 0 fully saturated rings. The first kappa shape index (κ1) is 26.5. The Morgan fingerprint density at radius 2 is 0.783 bits per heavy atom. The van der Waals surface area contributed by atoms with Gasteiger partial charge in [-0.2, -0.15) is 0 Å². The largest absolute Gasteiger partial charge is 0.310 e. The van der Waals surface area contributed by atoms with Crippen molar-refractivity contribution in [3.8, 4) is 0 Å². The Kier molecular flexibility index (Phi) is 11.2. The van der Waals surface area contributed by atoms with E-state index in [0.717, 1.165) is 0 Å². The highest BCUT2D eigenvalue weighted by Crippen LogP contribution is 2.54. The highest BCUT2D eigenvalue weighted by atomic mass is 80.0. The third kappa shape index (κ3) is 5.72. The van der Waals surface area contributed by atoms with Crippen LogP contribution in [0.4, 0.5) is 0 Å². The molecule has 1 unspecified atom stereocenters. The summed E-state index contributed by atoms with van der Waals surface area (Å²) >= 11 is 24.9. The third-order valence-electron chi connectivity index (χ3n) is 3.68. The summed E-state index contributed by atoms with van der Waals surface area (Å²) in [6, 6.07) is 1.80. The average molecular weight is 764 g/mol. The standard InChI is InChI=1S/C12H28Br6N2Si3/c1-9(2)19(10(3)4)22(16,17)23(18,21(13,14)15)20(11(5)6)12(7)8/h9-12H,1-8H3. The van der Waals surface area contributed by atoms with Crippen molar-refractivity contribution in [2.24, 2.45) is 0 Å². The molecule has 0 heterocycles. The summed E-state index contributed by atoms with van der Waals surface area (Å²) in [6.07, 6.45) is 0. The van der Waals surface area contributed by atoms with Gasteiger partial charge < -0.3 is 9.13 Å². The van der Waals surface area contributed by atoms with Crippen LogP contribution in [0.2, 0.25) is 0 Å². The van der Waals surface area contributed by atoms with Gasteiger partial charge in [0.2, 0.25) is 0 Å². The van der Waals surface area contributed by atoms with Crippen molar-refractivity contribution in [1.82, 2.24) is 9.13 Å². The van der Waals surface area contributed by atoms with E-state index in [4.69, 9.17) is 0 Å². The summed E-state index contributed by atoms with van der Waals surface area (Å²) in [4.78, 5) is -2.18. The molecule has 0 N–H and O–H groups in total. The number of nitrogens with zero attached hydrogens (tertiary/aromatic N) is 2. The fourth-order valence-electron chi connectivity index (χ4n) is 3.20. The third-order valence-corrected chi connectivity index (χ3v) is 103. The maximum atomic E-state index is 4.34. The molecule has 0 aromatic rings. The minimum atomic E-state index is -2.19. The van der Waals surface area contributed by atoms with Gasteiger partial charge in [-0.15, -0.1) is 15.3 Å². The van der Waals surface area contributed by atoms with E-state index in [1.807, 2.05) is 0 Å². The van der Waals surface area contributed by atoms with Crippen LogP contribution in [0.15, 0.2) is 0 Å². The van der Waals surface area contributed by atoms with Crippen molar-refractivity contribution in [2.75, 3.05) is 0 Å². The van der Waals surface area contributed by atoms with Gasteiger partial charge in [0, 0.05) is 0 Å². The topological polar surface area (TPSA) is 6.48 Å². The van der Waals surface area contributed by atoms with Crippen LogP contribution in [-0.2, 0) is 0 Å². The SMILES string of the molecule is CC(C)N(C(C)C)[Si](Br)(Br)[Si](Br)(N(C(C)C)C(C)C)[Si](Br)(Br)Br. The lowest BCUT2D eigenvalue weighted by Gasteiger charge is -2.55. The molecular formula is C12H28Br6N2Si3. The van der Waals surface area contributed by atoms with Crippen LogP contribution in [0.25, 0.3) is 0 Å². The molecule has 11 heteroatoms. The van der Waals surface area contributed by atoms with Crippen LogP contribution >= 0.6 is 91.8 Å². The second kappa shape index (κ2) is 9.78. The summed E-state index contributed by atoms with van der Waals surface area (Å²) in [7, 11) is 0. The highest BCUT2D eigenvalue weighted by molar-refractivity contribution is 9.78. The van der Waals surface area contributed by atoms with E-state index in [1.165, 1.54) is 0 Å². The van der Waals surface area contributed by atoms with E-state index >= 15 is 0 Å². The molecule has 0 rings (SSSR count). The minimum Gasteiger partial charge on any atom is -0.310 e. The fraction of sp³-hybridized carbons (Fsp3) is 1.00. The molecule has 0 spiro atoms. The van der Waals surface area contributed by atoms with Crippen molar-refractivity contribution in [3.63, 3.8) is 0 Å². The first-order valence-corrected chi connectivity index (χ1v) is 29.2. The molecule has 0 radical (unpaired) electrons. The van der Waals surface area contributed by atoms with Gasteiger partial charge in [-0.1, -0.05) is 132 Å². The molecule has 0 amide bonds. The highest BCUT2D eigenvalue weighted by Gasteiger charge is 2.71. The Morgan fingerprint density at radius 1 is 0.522 bits per heavy atom. The van der Waals surface area contributed by atoms with Crippen LogP contribution in [0, 0.1) is 0 Å². The monoisotopic (exact) mass is 758 g/mol. The number of hydrogen-bond acceptors (Lipinski definition) is 2. The molecule has 2 nitrogen and oxygen atoms in total. The molecule has 0 saturated heterocycles. The molecule has 0 aliphatic heterocycles. The lowest BCUT2D eigenvalue weighted by atomic mass is 10.3. The smallest absolute Gasteiger partial charge is 0.288 e. The first-order valence-electron chi connectivity index (χ1n) is 7.73. The fourth-order valence-corrected chi connectivity index (χ4v) is 121. The van der Waals surface area contributed by atoms with Gasteiger partial charge in [0.15, 0.2) is 0 Å². The minimum absolute atomic E-state index is 0.448. The van der Waals surface area contributed by atoms with E-state index in [-0.39, 0.29) is 0 Å². The zero-order chi connectivity index (χ0) is 19.0. The second-order valence-corrected chi connectivity index (χ2v) is 70.6. The summed E-state index contributed by atoms with van der Waals surface area (Å²) < 4.78 is 3.28. The van der Waals surface area contributed by atoms with Crippen LogP contribution in [0.3, 0.4) is 0 Å². The predicted octanol–water partition coefficient (Wildman–Crippen LogP) is 7.07. The number of rotatable bonds is 8. The van der Waals surface area contributed by atoms with Gasteiger partial charge in [0.25, 0.3) is 14.3 Å². The van der Waals surface area contributed by atoms with Gasteiger partial charge in [-0.05, 0) is 24.2 Å². The van der Waals surface area contributed by atoms with Gasteiger partial charge in [0.1, 0.15) is 0 Å². The quantitative estimate of drug-likeness (QED) is 0.193. The molecule has 0 bridgehead atoms. The van der Waals surface area contributed by atoms with E-state index in [1.54, 1.807) is 0 Å². The Morgan fingerprint density at radius 3 is 0.957 bits per heavy atom. The summed E-state index contributed by atoms with van der Waals surface area (Å²) in [6.45, 7) is 18.3. The Balaban J connectivity index is 6.48. The maximum absolute atomic E-state index is 4.34. The zero-order valence-corrected chi connectivity index (χ0v) is 27.5. The van der Waals surface area contributed by atoms with Crippen molar-refractivity contribution >= 4 is 106 Å². The normalized spacial score (nSPS) is 17.2. The first-order chi connectivity index (χ1) is 10.0. The molecule has 1 atom stereocenters. The van der Waals surface area contributed by atoms with Crippen molar-refractivity contribution in [2.45, 2.75) is 79.6 Å². The van der Waals surface area contributed by atoms with Gasteiger partial charge >= 0.3 is 0 Å².